The molecule has 1 amide bonds. The predicted octanol–water partition coefficient (Wildman–Crippen LogP) is 1.99. The number of carbonyl (C=O) groups excluding carboxylic acids is 1. The van der Waals surface area contributed by atoms with Crippen LogP contribution in [0, 0.1) is 0 Å². The largest absolute Gasteiger partial charge is 0.351 e. The molecule has 1 heterocycles. The number of hydrogen-bond acceptors (Lipinski definition) is 3. The zero-order valence-electron chi connectivity index (χ0n) is 13.3. The Morgan fingerprint density at radius 1 is 1.32 bits per heavy atom. The Bertz CT molecular complexity index is 708. The van der Waals surface area contributed by atoms with Gasteiger partial charge < -0.3 is 15.2 Å². The number of H-pyrrole nitrogens is 1. The lowest BCUT2D eigenvalue weighted by Crippen LogP contribution is -2.37. The molecule has 5 heteroatoms. The minimum Gasteiger partial charge on any atom is -0.351 e. The second kappa shape index (κ2) is 7.22. The van der Waals surface area contributed by atoms with Gasteiger partial charge in [0.05, 0.1) is 5.56 Å². The topological polar surface area (TPSA) is 65.2 Å². The van der Waals surface area contributed by atoms with E-state index in [2.05, 4.69) is 36.1 Å². The number of hydrogen-bond donors (Lipinski definition) is 2. The fraction of sp³-hybridized carbons (Fsp3) is 0.412. The highest BCUT2D eigenvalue weighted by atomic mass is 16.1. The fourth-order valence-corrected chi connectivity index (χ4v) is 2.37. The van der Waals surface area contributed by atoms with Crippen LogP contribution in [-0.2, 0) is 0 Å². The van der Waals surface area contributed by atoms with Gasteiger partial charge in [-0.1, -0.05) is 25.1 Å². The van der Waals surface area contributed by atoms with Crippen LogP contribution < -0.4 is 10.9 Å². The molecule has 0 unspecified atom stereocenters. The molecule has 22 heavy (non-hydrogen) atoms. The summed E-state index contributed by atoms with van der Waals surface area (Å²) >= 11 is 0. The highest BCUT2D eigenvalue weighted by Crippen LogP contribution is 2.13. The van der Waals surface area contributed by atoms with Gasteiger partial charge in [0.1, 0.15) is 0 Å². The number of rotatable bonds is 6. The van der Waals surface area contributed by atoms with Crippen molar-refractivity contribution in [2.24, 2.45) is 0 Å². The first-order valence-corrected chi connectivity index (χ1v) is 7.63. The van der Waals surface area contributed by atoms with Crippen LogP contribution in [0.25, 0.3) is 10.8 Å². The molecule has 2 aromatic rings. The second-order valence-electron chi connectivity index (χ2n) is 5.57. The third-order valence-corrected chi connectivity index (χ3v) is 4.15. The quantitative estimate of drug-likeness (QED) is 0.857. The third-order valence-electron chi connectivity index (χ3n) is 4.15. The van der Waals surface area contributed by atoms with E-state index < -0.39 is 0 Å². The molecule has 0 saturated carbocycles. The van der Waals surface area contributed by atoms with Crippen molar-refractivity contribution in [3.63, 3.8) is 0 Å². The molecule has 0 spiro atoms. The summed E-state index contributed by atoms with van der Waals surface area (Å²) in [4.78, 5) is 28.9. The van der Waals surface area contributed by atoms with E-state index in [0.29, 0.717) is 28.9 Å². The molecule has 0 radical (unpaired) electrons. The number of nitrogens with one attached hydrogen (secondary N) is 2. The summed E-state index contributed by atoms with van der Waals surface area (Å²) in [6.45, 7) is 5.68. The number of likely N-dealkylation sites (N-methyl/N-ethyl adjacent to an activating group) is 1. The molecular formula is C17H23N3O2. The number of aromatic nitrogens is 1. The van der Waals surface area contributed by atoms with Gasteiger partial charge in [0.25, 0.3) is 11.5 Å². The van der Waals surface area contributed by atoms with Gasteiger partial charge in [-0.2, -0.15) is 0 Å². The number of aromatic amines is 1. The van der Waals surface area contributed by atoms with Crippen LogP contribution in [0.1, 0.15) is 30.6 Å². The lowest BCUT2D eigenvalue weighted by Gasteiger charge is -2.23. The van der Waals surface area contributed by atoms with Crippen LogP contribution in [0.5, 0.6) is 0 Å². The normalized spacial score (nSPS) is 12.5. The molecule has 0 fully saturated rings. The molecule has 0 aliphatic heterocycles. The van der Waals surface area contributed by atoms with Crippen LogP contribution >= 0.6 is 0 Å². The van der Waals surface area contributed by atoms with E-state index in [1.165, 1.54) is 6.20 Å². The molecule has 0 bridgehead atoms. The number of carbonyl (C=O) groups is 1. The molecular weight excluding hydrogens is 278 g/mol. The van der Waals surface area contributed by atoms with E-state index in [1.54, 1.807) is 18.2 Å². The predicted molar refractivity (Wildman–Crippen MR) is 89.3 cm³/mol. The van der Waals surface area contributed by atoms with Gasteiger partial charge in [0, 0.05) is 36.1 Å². The summed E-state index contributed by atoms with van der Waals surface area (Å²) in [5, 5.41) is 4.13. The van der Waals surface area contributed by atoms with Gasteiger partial charge in [-0.3, -0.25) is 9.59 Å². The minimum atomic E-state index is -0.177. The summed E-state index contributed by atoms with van der Waals surface area (Å²) in [5.41, 5.74) is 0.324. The zero-order chi connectivity index (χ0) is 16.1. The Hall–Kier alpha value is -2.14. The Morgan fingerprint density at radius 3 is 2.68 bits per heavy atom. The lowest BCUT2D eigenvalue weighted by molar-refractivity contribution is 0.0948. The highest BCUT2D eigenvalue weighted by Gasteiger charge is 2.12. The summed E-state index contributed by atoms with van der Waals surface area (Å²) < 4.78 is 0. The molecule has 2 N–H and O–H groups in total. The van der Waals surface area contributed by atoms with Crippen LogP contribution in [-0.4, -0.2) is 42.0 Å². The lowest BCUT2D eigenvalue weighted by atomic mass is 10.1. The summed E-state index contributed by atoms with van der Waals surface area (Å²) in [6.07, 6.45) is 2.56. The van der Waals surface area contributed by atoms with E-state index >= 15 is 0 Å². The van der Waals surface area contributed by atoms with E-state index in [-0.39, 0.29) is 11.5 Å². The fourth-order valence-electron chi connectivity index (χ4n) is 2.37. The average Bonchev–Trinajstić information content (AvgIpc) is 2.54. The maximum atomic E-state index is 12.3. The van der Waals surface area contributed by atoms with Crippen LogP contribution in [0.15, 0.2) is 35.3 Å². The first-order valence-electron chi connectivity index (χ1n) is 7.63. The summed E-state index contributed by atoms with van der Waals surface area (Å²) in [5.74, 6) is -0.162. The Balaban J connectivity index is 2.08. The Labute approximate surface area is 130 Å². The van der Waals surface area contributed by atoms with Crippen molar-refractivity contribution in [2.45, 2.75) is 26.3 Å². The molecule has 1 aromatic heterocycles. The number of nitrogens with zero attached hydrogens (tertiary/aromatic N) is 1. The van der Waals surface area contributed by atoms with Gasteiger partial charge in [0.15, 0.2) is 0 Å². The zero-order valence-corrected chi connectivity index (χ0v) is 13.3. The van der Waals surface area contributed by atoms with Crippen molar-refractivity contribution < 1.29 is 4.79 Å². The maximum absolute atomic E-state index is 12.3. The van der Waals surface area contributed by atoms with Crippen molar-refractivity contribution in [3.8, 4) is 0 Å². The number of pyridine rings is 1. The number of fused-ring (bicyclic) bond motifs is 1. The minimum absolute atomic E-state index is 0.162. The monoisotopic (exact) mass is 301 g/mol. The summed E-state index contributed by atoms with van der Waals surface area (Å²) in [7, 11) is 2.05. The molecule has 0 saturated heterocycles. The van der Waals surface area contributed by atoms with Crippen molar-refractivity contribution in [1.82, 2.24) is 15.2 Å². The van der Waals surface area contributed by atoms with Crippen molar-refractivity contribution in [3.05, 3.63) is 46.4 Å². The van der Waals surface area contributed by atoms with Gasteiger partial charge in [-0.15, -0.1) is 0 Å². The molecule has 5 nitrogen and oxygen atoms in total. The van der Waals surface area contributed by atoms with Gasteiger partial charge in [0.2, 0.25) is 0 Å². The molecule has 118 valence electrons. The number of benzene rings is 1. The SMILES string of the molecule is CC[C@@H](C)N(C)CCNC(=O)c1c[nH]c(=O)c2ccccc12. The van der Waals surface area contributed by atoms with Gasteiger partial charge in [-0.05, 0) is 26.5 Å². The molecule has 1 atom stereocenters. The molecule has 0 aliphatic rings. The maximum Gasteiger partial charge on any atom is 0.255 e. The van der Waals surface area contributed by atoms with Crippen LogP contribution in [0.4, 0.5) is 0 Å². The highest BCUT2D eigenvalue weighted by molar-refractivity contribution is 6.06. The van der Waals surface area contributed by atoms with Crippen molar-refractivity contribution >= 4 is 16.7 Å². The standard InChI is InChI=1S/C17H23N3O2/c1-4-12(2)20(3)10-9-18-17(22)15-11-19-16(21)14-8-6-5-7-13(14)15/h5-8,11-12H,4,9-10H2,1-3H3,(H,18,22)(H,19,21)/t12-/m1/s1. The van der Waals surface area contributed by atoms with E-state index in [9.17, 15) is 9.59 Å². The van der Waals surface area contributed by atoms with Crippen LogP contribution in [0.3, 0.4) is 0 Å². The Morgan fingerprint density at radius 2 is 2.00 bits per heavy atom. The van der Waals surface area contributed by atoms with Crippen molar-refractivity contribution in [2.75, 3.05) is 20.1 Å². The van der Waals surface area contributed by atoms with Crippen LogP contribution in [0.2, 0.25) is 0 Å². The number of amides is 1. The summed E-state index contributed by atoms with van der Waals surface area (Å²) in [6, 6.07) is 7.63. The molecule has 1 aromatic carbocycles. The van der Waals surface area contributed by atoms with E-state index in [1.807, 2.05) is 6.07 Å². The van der Waals surface area contributed by atoms with Crippen molar-refractivity contribution in [1.29, 1.82) is 0 Å². The second-order valence-corrected chi connectivity index (χ2v) is 5.57. The van der Waals surface area contributed by atoms with E-state index in [0.717, 1.165) is 13.0 Å². The molecule has 0 aliphatic carbocycles. The first-order chi connectivity index (χ1) is 10.5. The Kier molecular flexibility index (Phi) is 5.33. The third kappa shape index (κ3) is 3.54. The van der Waals surface area contributed by atoms with Gasteiger partial charge in [-0.25, -0.2) is 0 Å². The van der Waals surface area contributed by atoms with E-state index in [4.69, 9.17) is 0 Å². The smallest absolute Gasteiger partial charge is 0.255 e. The first kappa shape index (κ1) is 16.2. The molecule has 2 rings (SSSR count). The van der Waals surface area contributed by atoms with Gasteiger partial charge >= 0.3 is 0 Å². The average molecular weight is 301 g/mol.